The molecule has 0 aliphatic carbocycles. The lowest BCUT2D eigenvalue weighted by atomic mass is 9.97. The lowest BCUT2D eigenvalue weighted by molar-refractivity contribution is -0.488. The van der Waals surface area contributed by atoms with Crippen LogP contribution in [0.4, 0.5) is 0 Å². The molecule has 0 aromatic carbocycles. The van der Waals surface area contributed by atoms with Crippen molar-refractivity contribution in [1.29, 1.82) is 0 Å². The minimum Gasteiger partial charge on any atom is -0.394 e. The monoisotopic (exact) mass is 358 g/mol. The summed E-state index contributed by atoms with van der Waals surface area (Å²) < 4.78 is 14.7. The van der Waals surface area contributed by atoms with Gasteiger partial charge in [0.05, 0.1) is 13.2 Å². The maximum atomic E-state index is 10.2. The second kappa shape index (κ2) is 7.41. The van der Waals surface area contributed by atoms with Crippen LogP contribution in [0, 0.1) is 0 Å². The highest BCUT2D eigenvalue weighted by Crippen LogP contribution is 2.33. The van der Waals surface area contributed by atoms with Crippen molar-refractivity contribution < 1.29 is 60.2 Å². The molecule has 2 rings (SSSR count). The molecule has 12 heteroatoms. The quantitative estimate of drug-likeness (QED) is 0.215. The van der Waals surface area contributed by atoms with E-state index in [2.05, 4.69) is 0 Å². The van der Waals surface area contributed by atoms with Gasteiger partial charge >= 0.3 is 5.97 Å². The van der Waals surface area contributed by atoms with Crippen LogP contribution in [0.2, 0.25) is 0 Å². The summed E-state index contributed by atoms with van der Waals surface area (Å²) in [6.45, 7) is -1.60. The normalized spacial score (nSPS) is 53.1. The van der Waals surface area contributed by atoms with Crippen molar-refractivity contribution in [2.75, 3.05) is 13.2 Å². The molecular formula is C12H22O12. The van der Waals surface area contributed by atoms with Crippen molar-refractivity contribution in [3.63, 3.8) is 0 Å². The molecule has 0 spiro atoms. The van der Waals surface area contributed by atoms with Gasteiger partial charge in [0.15, 0.2) is 12.4 Å². The number of hydrogen-bond acceptors (Lipinski definition) is 12. The zero-order valence-electron chi connectivity index (χ0n) is 12.4. The van der Waals surface area contributed by atoms with Gasteiger partial charge in [0.1, 0.15) is 42.7 Å². The van der Waals surface area contributed by atoms with E-state index in [1.807, 2.05) is 0 Å². The van der Waals surface area contributed by atoms with Crippen molar-refractivity contribution in [1.82, 2.24) is 0 Å². The van der Waals surface area contributed by atoms with Gasteiger partial charge in [0.25, 0.3) is 0 Å². The first-order chi connectivity index (χ1) is 11.2. The molecule has 0 bridgehead atoms. The van der Waals surface area contributed by atoms with Gasteiger partial charge in [-0.15, -0.1) is 0 Å². The largest absolute Gasteiger partial charge is 0.394 e. The Morgan fingerprint density at radius 3 is 1.83 bits per heavy atom. The fourth-order valence-corrected chi connectivity index (χ4v) is 2.55. The van der Waals surface area contributed by atoms with Gasteiger partial charge in [0.2, 0.25) is 0 Å². The summed E-state index contributed by atoms with van der Waals surface area (Å²) in [6.07, 6.45) is -16.1. The second-order valence-electron chi connectivity index (χ2n) is 5.71. The zero-order chi connectivity index (χ0) is 18.2. The molecule has 0 radical (unpaired) electrons. The average Bonchev–Trinajstić information content (AvgIpc) is 2.57. The predicted molar refractivity (Wildman–Crippen MR) is 69.8 cm³/mol. The first-order valence-electron chi connectivity index (χ1n) is 7.19. The van der Waals surface area contributed by atoms with Gasteiger partial charge in [-0.25, -0.2) is 0 Å². The van der Waals surface area contributed by atoms with Crippen molar-refractivity contribution >= 4 is 0 Å². The van der Waals surface area contributed by atoms with Crippen LogP contribution in [0.5, 0.6) is 0 Å². The van der Waals surface area contributed by atoms with E-state index < -0.39 is 74.3 Å². The van der Waals surface area contributed by atoms with E-state index in [1.165, 1.54) is 0 Å². The van der Waals surface area contributed by atoms with Gasteiger partial charge in [-0.1, -0.05) is 0 Å². The molecule has 2 aliphatic rings. The van der Waals surface area contributed by atoms with Crippen LogP contribution >= 0.6 is 0 Å². The van der Waals surface area contributed by atoms with Gasteiger partial charge in [-0.3, -0.25) is 4.74 Å². The first-order valence-corrected chi connectivity index (χ1v) is 7.19. The average molecular weight is 358 g/mol. The topological polar surface area (TPSA) is 210 Å². The molecular weight excluding hydrogens is 336 g/mol. The molecule has 12 nitrogen and oxygen atoms in total. The van der Waals surface area contributed by atoms with Crippen LogP contribution in [0.1, 0.15) is 0 Å². The number of ether oxygens (including phenoxy) is 3. The van der Waals surface area contributed by atoms with E-state index in [0.29, 0.717) is 0 Å². The summed E-state index contributed by atoms with van der Waals surface area (Å²) in [6, 6.07) is 0. The molecule has 9 N–H and O–H groups in total. The van der Waals surface area contributed by atoms with E-state index in [4.69, 9.17) is 24.4 Å². The molecule has 0 unspecified atom stereocenters. The Morgan fingerprint density at radius 2 is 1.29 bits per heavy atom. The highest BCUT2D eigenvalue weighted by molar-refractivity contribution is 4.94. The van der Waals surface area contributed by atoms with E-state index >= 15 is 0 Å². The molecule has 10 atom stereocenters. The van der Waals surface area contributed by atoms with Crippen LogP contribution in [-0.2, 0) is 14.2 Å². The van der Waals surface area contributed by atoms with Crippen molar-refractivity contribution in [3.8, 4) is 0 Å². The third-order valence-corrected chi connectivity index (χ3v) is 4.06. The molecule has 142 valence electrons. The molecule has 0 aromatic heterocycles. The van der Waals surface area contributed by atoms with Crippen LogP contribution < -0.4 is 0 Å². The van der Waals surface area contributed by atoms with Gasteiger partial charge in [-0.2, -0.15) is 0 Å². The lowest BCUT2D eigenvalue weighted by Crippen LogP contribution is -2.69. The third kappa shape index (κ3) is 3.41. The number of rotatable bonds is 4. The Bertz CT molecular complexity index is 419. The SMILES string of the molecule is OC[C@H]1O[C@H](O[C@@]2(O)O[C@H](CO)[C@H](O)[C@H](O)[C@H]2O)[C@H](O)[C@@H](O)[C@H]1O. The Balaban J connectivity index is 2.18. The summed E-state index contributed by atoms with van der Waals surface area (Å²) in [5.74, 6) is -3.01. The van der Waals surface area contributed by atoms with Crippen LogP contribution in [0.15, 0.2) is 0 Å². The summed E-state index contributed by atoms with van der Waals surface area (Å²) in [4.78, 5) is 0. The maximum Gasteiger partial charge on any atom is 0.313 e. The second-order valence-corrected chi connectivity index (χ2v) is 5.71. The lowest BCUT2D eigenvalue weighted by Gasteiger charge is -2.48. The number of hydrogen-bond donors (Lipinski definition) is 9. The summed E-state index contributed by atoms with van der Waals surface area (Å²) in [5.41, 5.74) is 0. The molecule has 0 aromatic rings. The van der Waals surface area contributed by atoms with Crippen molar-refractivity contribution in [2.45, 2.75) is 61.1 Å². The van der Waals surface area contributed by atoms with Gasteiger partial charge in [-0.05, 0) is 0 Å². The zero-order valence-corrected chi connectivity index (χ0v) is 12.4. The third-order valence-electron chi connectivity index (χ3n) is 4.06. The molecule has 0 saturated carbocycles. The first kappa shape index (κ1) is 19.8. The van der Waals surface area contributed by atoms with Gasteiger partial charge in [0, 0.05) is 0 Å². The number of aliphatic hydroxyl groups is 9. The minimum atomic E-state index is -3.01. The Morgan fingerprint density at radius 1 is 0.750 bits per heavy atom. The maximum absolute atomic E-state index is 10.2. The van der Waals surface area contributed by atoms with E-state index in [1.54, 1.807) is 0 Å². The van der Waals surface area contributed by atoms with Gasteiger partial charge < -0.3 is 55.4 Å². The molecule has 2 fully saturated rings. The molecule has 0 amide bonds. The van der Waals surface area contributed by atoms with Crippen LogP contribution in [-0.4, -0.2) is 120 Å². The summed E-state index contributed by atoms with van der Waals surface area (Å²) in [5, 5.41) is 86.7. The highest BCUT2D eigenvalue weighted by Gasteiger charge is 2.57. The molecule has 2 aliphatic heterocycles. The minimum absolute atomic E-state index is 0.757. The predicted octanol–water partition coefficient (Wildman–Crippen LogP) is -6.08. The fraction of sp³-hybridized carbons (Fsp3) is 1.00. The van der Waals surface area contributed by atoms with Crippen molar-refractivity contribution in [2.24, 2.45) is 0 Å². The van der Waals surface area contributed by atoms with E-state index in [9.17, 15) is 35.7 Å². The smallest absolute Gasteiger partial charge is 0.313 e. The molecule has 2 saturated heterocycles. The standard InChI is InChI=1S/C12H22O12/c13-1-3-5(15)7(17)9(19)11(22-3)24-12(21)10(20)8(18)6(16)4(2-14)23-12/h3-11,13-21H,1-2H2/t3-,4-,5+,6+,7+,8+,9-,10-,11-,12+/m1/s1. The van der Waals surface area contributed by atoms with E-state index in [0.717, 1.165) is 0 Å². The Labute approximate surface area is 135 Å². The molecule has 2 heterocycles. The van der Waals surface area contributed by atoms with Crippen LogP contribution in [0.25, 0.3) is 0 Å². The Hall–Kier alpha value is -0.480. The van der Waals surface area contributed by atoms with E-state index in [-0.39, 0.29) is 0 Å². The molecule has 24 heavy (non-hydrogen) atoms. The Kier molecular flexibility index (Phi) is 6.12. The van der Waals surface area contributed by atoms with Crippen LogP contribution in [0.3, 0.4) is 0 Å². The summed E-state index contributed by atoms with van der Waals surface area (Å²) in [7, 11) is 0. The number of aliphatic hydroxyl groups excluding tert-OH is 8. The highest BCUT2D eigenvalue weighted by atomic mass is 16.9. The van der Waals surface area contributed by atoms with Crippen molar-refractivity contribution in [3.05, 3.63) is 0 Å². The summed E-state index contributed by atoms with van der Waals surface area (Å²) >= 11 is 0. The fourth-order valence-electron chi connectivity index (χ4n) is 2.55.